The minimum absolute atomic E-state index is 0.676. The minimum atomic E-state index is 0.676. The second-order valence-corrected chi connectivity index (χ2v) is 5.24. The van der Waals surface area contributed by atoms with Crippen molar-refractivity contribution in [3.63, 3.8) is 0 Å². The summed E-state index contributed by atoms with van der Waals surface area (Å²) in [5, 5.41) is 0. The van der Waals surface area contributed by atoms with E-state index in [4.69, 9.17) is 9.47 Å². The van der Waals surface area contributed by atoms with Crippen molar-refractivity contribution in [1.29, 1.82) is 0 Å². The SMILES string of the molecule is C1[C@@H]2[C@@H]3C[C@H]4O[C@@H]4[C@H]3[C@H]1[C@H]1O[C@H]21. The van der Waals surface area contributed by atoms with Crippen LogP contribution in [0.2, 0.25) is 0 Å². The van der Waals surface area contributed by atoms with Gasteiger partial charge in [-0.3, -0.25) is 0 Å². The van der Waals surface area contributed by atoms with Crippen LogP contribution in [0.1, 0.15) is 12.8 Å². The van der Waals surface area contributed by atoms with Crippen LogP contribution in [-0.2, 0) is 9.47 Å². The van der Waals surface area contributed by atoms with E-state index in [2.05, 4.69) is 0 Å². The lowest BCUT2D eigenvalue weighted by Gasteiger charge is -2.22. The highest BCUT2D eigenvalue weighted by molar-refractivity contribution is 5.21. The third kappa shape index (κ3) is 0.409. The molecular formula is C10H12O2. The van der Waals surface area contributed by atoms with Crippen molar-refractivity contribution in [3.8, 4) is 0 Å². The zero-order valence-corrected chi connectivity index (χ0v) is 6.85. The molecule has 0 aromatic rings. The predicted octanol–water partition coefficient (Wildman–Crippen LogP) is 0.807. The Hall–Kier alpha value is -0.0800. The lowest BCUT2D eigenvalue weighted by molar-refractivity contribution is 0.162. The van der Waals surface area contributed by atoms with Gasteiger partial charge in [0.05, 0.1) is 24.4 Å². The first-order valence-corrected chi connectivity index (χ1v) is 5.24. The maximum atomic E-state index is 5.69. The second-order valence-electron chi connectivity index (χ2n) is 5.24. The Labute approximate surface area is 71.2 Å². The van der Waals surface area contributed by atoms with Gasteiger partial charge >= 0.3 is 0 Å². The van der Waals surface area contributed by atoms with Crippen LogP contribution in [0.3, 0.4) is 0 Å². The van der Waals surface area contributed by atoms with E-state index in [1.807, 2.05) is 0 Å². The quantitative estimate of drug-likeness (QED) is 0.495. The molecule has 0 amide bonds. The van der Waals surface area contributed by atoms with E-state index in [0.29, 0.717) is 24.4 Å². The summed E-state index contributed by atoms with van der Waals surface area (Å²) in [7, 11) is 0. The molecule has 0 unspecified atom stereocenters. The molecule has 2 saturated heterocycles. The number of hydrogen-bond acceptors (Lipinski definition) is 2. The van der Waals surface area contributed by atoms with Crippen molar-refractivity contribution in [3.05, 3.63) is 0 Å². The molecule has 2 bridgehead atoms. The Balaban J connectivity index is 1.66. The van der Waals surface area contributed by atoms with Crippen molar-refractivity contribution < 1.29 is 9.47 Å². The fourth-order valence-electron chi connectivity index (χ4n) is 4.58. The van der Waals surface area contributed by atoms with Gasteiger partial charge in [0.25, 0.3) is 0 Å². The maximum Gasteiger partial charge on any atom is 0.0876 e. The Kier molecular flexibility index (Phi) is 0.644. The molecule has 5 aliphatic rings. The van der Waals surface area contributed by atoms with Crippen LogP contribution in [0, 0.1) is 23.7 Å². The summed E-state index contributed by atoms with van der Waals surface area (Å²) < 4.78 is 11.3. The molecule has 5 rings (SSSR count). The summed E-state index contributed by atoms with van der Waals surface area (Å²) in [4.78, 5) is 0. The van der Waals surface area contributed by atoms with Gasteiger partial charge in [0.1, 0.15) is 0 Å². The molecule has 2 heterocycles. The molecule has 0 spiro atoms. The van der Waals surface area contributed by atoms with Gasteiger partial charge in [-0.15, -0.1) is 0 Å². The number of epoxide rings is 2. The smallest absolute Gasteiger partial charge is 0.0876 e. The molecule has 3 aliphatic carbocycles. The van der Waals surface area contributed by atoms with Crippen molar-refractivity contribution in [2.24, 2.45) is 23.7 Å². The first kappa shape index (κ1) is 5.61. The molecule has 64 valence electrons. The Morgan fingerprint density at radius 1 is 0.750 bits per heavy atom. The molecule has 2 heteroatoms. The van der Waals surface area contributed by atoms with Crippen molar-refractivity contribution in [2.45, 2.75) is 37.3 Å². The van der Waals surface area contributed by atoms with Gasteiger partial charge in [0, 0.05) is 0 Å². The molecule has 5 fully saturated rings. The van der Waals surface area contributed by atoms with Crippen molar-refractivity contribution in [1.82, 2.24) is 0 Å². The summed E-state index contributed by atoms with van der Waals surface area (Å²) in [5.41, 5.74) is 0. The molecule has 2 nitrogen and oxygen atoms in total. The van der Waals surface area contributed by atoms with Crippen LogP contribution in [0.4, 0.5) is 0 Å². The predicted molar refractivity (Wildman–Crippen MR) is 40.5 cm³/mol. The molecule has 0 aromatic heterocycles. The third-order valence-electron chi connectivity index (χ3n) is 4.99. The fourth-order valence-corrected chi connectivity index (χ4v) is 4.58. The molecule has 0 N–H and O–H groups in total. The molecular weight excluding hydrogens is 152 g/mol. The number of fused-ring (bicyclic) bond motifs is 10. The van der Waals surface area contributed by atoms with Gasteiger partial charge in [-0.25, -0.2) is 0 Å². The van der Waals surface area contributed by atoms with Crippen LogP contribution in [0.25, 0.3) is 0 Å². The zero-order chi connectivity index (χ0) is 7.45. The highest BCUT2D eigenvalue weighted by atomic mass is 16.6. The van der Waals surface area contributed by atoms with Crippen LogP contribution in [0.15, 0.2) is 0 Å². The van der Waals surface area contributed by atoms with Crippen molar-refractivity contribution in [2.75, 3.05) is 0 Å². The lowest BCUT2D eigenvalue weighted by Crippen LogP contribution is -2.27. The van der Waals surface area contributed by atoms with E-state index in [9.17, 15) is 0 Å². The molecule has 3 saturated carbocycles. The average Bonchev–Trinajstić information content (AvgIpc) is 2.92. The lowest BCUT2D eigenvalue weighted by atomic mass is 9.81. The molecule has 2 aliphatic heterocycles. The molecule has 8 atom stereocenters. The van der Waals surface area contributed by atoms with Gasteiger partial charge in [-0.2, -0.15) is 0 Å². The third-order valence-corrected chi connectivity index (χ3v) is 4.99. The van der Waals surface area contributed by atoms with E-state index in [1.54, 1.807) is 0 Å². The Morgan fingerprint density at radius 3 is 2.67 bits per heavy atom. The first-order chi connectivity index (χ1) is 5.93. The highest BCUT2D eigenvalue weighted by Gasteiger charge is 2.74. The highest BCUT2D eigenvalue weighted by Crippen LogP contribution is 2.69. The van der Waals surface area contributed by atoms with E-state index in [1.165, 1.54) is 12.8 Å². The zero-order valence-electron chi connectivity index (χ0n) is 6.85. The van der Waals surface area contributed by atoms with E-state index in [-0.39, 0.29) is 0 Å². The summed E-state index contributed by atoms with van der Waals surface area (Å²) in [5.74, 6) is 3.77. The summed E-state index contributed by atoms with van der Waals surface area (Å²) >= 11 is 0. The second kappa shape index (κ2) is 1.38. The van der Waals surface area contributed by atoms with Gasteiger partial charge in [0.2, 0.25) is 0 Å². The molecule has 0 radical (unpaired) electrons. The minimum Gasteiger partial charge on any atom is -0.369 e. The van der Waals surface area contributed by atoms with Crippen LogP contribution < -0.4 is 0 Å². The van der Waals surface area contributed by atoms with Crippen LogP contribution >= 0.6 is 0 Å². The van der Waals surface area contributed by atoms with Gasteiger partial charge in [-0.1, -0.05) is 0 Å². The van der Waals surface area contributed by atoms with Crippen LogP contribution in [-0.4, -0.2) is 24.4 Å². The monoisotopic (exact) mass is 164 g/mol. The number of hydrogen-bond donors (Lipinski definition) is 0. The number of ether oxygens (including phenoxy) is 2. The first-order valence-electron chi connectivity index (χ1n) is 5.24. The van der Waals surface area contributed by atoms with Gasteiger partial charge in [-0.05, 0) is 36.5 Å². The summed E-state index contributed by atoms with van der Waals surface area (Å²) in [6.07, 6.45) is 5.58. The topological polar surface area (TPSA) is 25.1 Å². The normalized spacial score (nSPS) is 80.0. The number of rotatable bonds is 0. The Bertz CT molecular complexity index is 273. The maximum absolute atomic E-state index is 5.69. The largest absolute Gasteiger partial charge is 0.369 e. The molecule has 12 heavy (non-hydrogen) atoms. The Morgan fingerprint density at radius 2 is 1.67 bits per heavy atom. The van der Waals surface area contributed by atoms with Crippen molar-refractivity contribution >= 4 is 0 Å². The van der Waals surface area contributed by atoms with Crippen LogP contribution in [0.5, 0.6) is 0 Å². The van der Waals surface area contributed by atoms with E-state index < -0.39 is 0 Å². The fraction of sp³-hybridized carbons (Fsp3) is 1.00. The van der Waals surface area contributed by atoms with E-state index in [0.717, 1.165) is 23.7 Å². The standard InChI is InChI=1S/C10H12O2/c1-4-3-2-6-10(11-6)7(3)5(1)9-8(4)12-9/h3-10H,1-2H2/t3-,4+,5-,6+,7+,8+,9+,10-/m0/s1. The van der Waals surface area contributed by atoms with Gasteiger partial charge in [0.15, 0.2) is 0 Å². The summed E-state index contributed by atoms with van der Waals surface area (Å²) in [6.45, 7) is 0. The van der Waals surface area contributed by atoms with E-state index >= 15 is 0 Å². The average molecular weight is 164 g/mol. The van der Waals surface area contributed by atoms with Gasteiger partial charge < -0.3 is 9.47 Å². The molecule has 0 aromatic carbocycles. The summed E-state index contributed by atoms with van der Waals surface area (Å²) in [6, 6.07) is 0.